The molecule has 1 heterocycles. The molecule has 0 atom stereocenters. The minimum absolute atomic E-state index is 0.527. The maximum absolute atomic E-state index is 11.0. The van der Waals surface area contributed by atoms with Crippen LogP contribution in [0, 0.1) is 0 Å². The van der Waals surface area contributed by atoms with Crippen LogP contribution in [-0.2, 0) is 0 Å². The van der Waals surface area contributed by atoms with Gasteiger partial charge >= 0.3 is 0 Å². The molecule has 0 spiro atoms. The number of rotatable bonds is 0. The summed E-state index contributed by atoms with van der Waals surface area (Å²) in [5.41, 5.74) is 0. The minimum atomic E-state index is -1.32. The van der Waals surface area contributed by atoms with Crippen LogP contribution in [0.1, 0.15) is 0 Å². The van der Waals surface area contributed by atoms with E-state index in [1.54, 1.807) is 11.2 Å². The Morgan fingerprint density at radius 2 is 1.67 bits per heavy atom. The molecule has 0 aliphatic carbocycles. The van der Waals surface area contributed by atoms with Crippen LogP contribution < -0.4 is 0 Å². The van der Waals surface area contributed by atoms with Crippen LogP contribution in [0.5, 0.6) is 0 Å². The quantitative estimate of drug-likeness (QED) is 0.527. The van der Waals surface area contributed by atoms with E-state index in [2.05, 4.69) is 26.2 Å². The fourth-order valence-electron chi connectivity index (χ4n) is 0.686. The predicted molar refractivity (Wildman–Crippen MR) is 48.0 cm³/mol. The Balaban J connectivity index is 2.82. The molecular weight excluding hydrogens is 164 g/mol. The maximum atomic E-state index is 11.0. The Morgan fingerprint density at radius 3 is 1.67 bits per heavy atom. The van der Waals surface area contributed by atoms with Crippen molar-refractivity contribution in [2.24, 2.45) is 0 Å². The molecule has 0 bridgehead atoms. The molecule has 0 aromatic rings. The van der Waals surface area contributed by atoms with Gasteiger partial charge in [0.15, 0.2) is 4.74 Å². The van der Waals surface area contributed by atoms with Crippen LogP contribution in [0.3, 0.4) is 0 Å². The van der Waals surface area contributed by atoms with Gasteiger partial charge in [0.1, 0.15) is 14.3 Å². The normalized spacial score (nSPS) is 29.6. The van der Waals surface area contributed by atoms with Gasteiger partial charge in [-0.3, -0.25) is 4.79 Å². The zero-order valence-corrected chi connectivity index (χ0v) is 9.13. The molecule has 1 aliphatic rings. The van der Waals surface area contributed by atoms with Crippen molar-refractivity contribution < 1.29 is 4.79 Å². The zero-order valence-electron chi connectivity index (χ0n) is 6.32. The summed E-state index contributed by atoms with van der Waals surface area (Å²) < 4.78 is 0.527. The van der Waals surface area contributed by atoms with Crippen LogP contribution >= 0.6 is 11.2 Å². The van der Waals surface area contributed by atoms with E-state index in [1.807, 2.05) is 0 Å². The molecule has 0 aromatic heterocycles. The molecule has 0 saturated carbocycles. The lowest BCUT2D eigenvalue weighted by atomic mass is 11.7. The highest BCUT2D eigenvalue weighted by Gasteiger charge is 2.58. The SMILES string of the molecule is C[Si]1(C)SC(=O)[Si]1(C)C. The first-order chi connectivity index (χ1) is 3.88. The minimum Gasteiger partial charge on any atom is -0.294 e. The monoisotopic (exact) mass is 176 g/mol. The first kappa shape index (κ1) is 7.56. The summed E-state index contributed by atoms with van der Waals surface area (Å²) in [5, 5.41) is 0. The lowest BCUT2D eigenvalue weighted by Crippen LogP contribution is -2.67. The smallest absolute Gasteiger partial charge is 0.156 e. The number of carbonyl (C=O) groups excluding carboxylic acids is 1. The summed E-state index contributed by atoms with van der Waals surface area (Å²) >= 11 is 1.65. The largest absolute Gasteiger partial charge is 0.294 e. The highest BCUT2D eigenvalue weighted by Crippen LogP contribution is 2.44. The van der Waals surface area contributed by atoms with Crippen molar-refractivity contribution >= 4 is 30.3 Å². The number of hydrogen-bond donors (Lipinski definition) is 0. The van der Waals surface area contributed by atoms with Gasteiger partial charge in [0.2, 0.25) is 0 Å². The number of carbonyl (C=O) groups is 1. The lowest BCUT2D eigenvalue weighted by Gasteiger charge is -2.45. The van der Waals surface area contributed by atoms with Gasteiger partial charge < -0.3 is 0 Å². The first-order valence-electron chi connectivity index (χ1n) is 3.11. The van der Waals surface area contributed by atoms with Crippen molar-refractivity contribution in [3.05, 3.63) is 0 Å². The van der Waals surface area contributed by atoms with Crippen molar-refractivity contribution in [2.45, 2.75) is 26.2 Å². The third-order valence-electron chi connectivity index (χ3n) is 2.36. The van der Waals surface area contributed by atoms with Crippen molar-refractivity contribution in [3.8, 4) is 0 Å². The summed E-state index contributed by atoms with van der Waals surface area (Å²) in [4.78, 5) is 11.0. The summed E-state index contributed by atoms with van der Waals surface area (Å²) in [7, 11) is -1.32. The summed E-state index contributed by atoms with van der Waals surface area (Å²) in [6, 6.07) is 0. The van der Waals surface area contributed by atoms with Crippen molar-refractivity contribution in [2.75, 3.05) is 0 Å². The fourth-order valence-corrected chi connectivity index (χ4v) is 15.2. The summed E-state index contributed by atoms with van der Waals surface area (Å²) in [6.07, 6.45) is 0. The molecular formula is C5H12OSSi2. The molecule has 1 nitrogen and oxygen atoms in total. The molecule has 1 aliphatic heterocycles. The second-order valence-corrected chi connectivity index (χ2v) is 23.4. The molecule has 0 aromatic carbocycles. The van der Waals surface area contributed by atoms with Gasteiger partial charge in [-0.1, -0.05) is 26.2 Å². The van der Waals surface area contributed by atoms with Crippen molar-refractivity contribution in [1.29, 1.82) is 0 Å². The molecule has 9 heavy (non-hydrogen) atoms. The zero-order chi connectivity index (χ0) is 7.28. The Kier molecular flexibility index (Phi) is 1.46. The van der Waals surface area contributed by atoms with Gasteiger partial charge in [-0.2, -0.15) is 0 Å². The molecule has 4 heteroatoms. The first-order valence-corrected chi connectivity index (χ1v) is 11.7. The van der Waals surface area contributed by atoms with Crippen molar-refractivity contribution in [1.82, 2.24) is 0 Å². The van der Waals surface area contributed by atoms with Crippen LogP contribution in [0.15, 0.2) is 0 Å². The standard InChI is InChI=1S/C5H12OSSi2/c1-8(2)5(6)7-9(8,3)4/h1-4H3. The van der Waals surface area contributed by atoms with Crippen molar-refractivity contribution in [3.63, 3.8) is 0 Å². The van der Waals surface area contributed by atoms with Gasteiger partial charge in [-0.15, -0.1) is 11.2 Å². The molecule has 0 unspecified atom stereocenters. The molecule has 0 radical (unpaired) electrons. The molecule has 1 rings (SSSR count). The number of hydrogen-bond acceptors (Lipinski definition) is 2. The van der Waals surface area contributed by atoms with E-state index >= 15 is 0 Å². The lowest BCUT2D eigenvalue weighted by molar-refractivity contribution is 0.274. The van der Waals surface area contributed by atoms with Crippen LogP contribution in [-0.4, -0.2) is 19.1 Å². The second kappa shape index (κ2) is 1.73. The average molecular weight is 176 g/mol. The van der Waals surface area contributed by atoms with E-state index in [0.717, 1.165) is 0 Å². The van der Waals surface area contributed by atoms with E-state index in [4.69, 9.17) is 0 Å². The van der Waals surface area contributed by atoms with E-state index in [1.165, 1.54) is 0 Å². The molecule has 0 amide bonds. The summed E-state index contributed by atoms with van der Waals surface area (Å²) in [5.74, 6) is 0. The van der Waals surface area contributed by atoms with E-state index in [9.17, 15) is 4.79 Å². The molecule has 1 saturated heterocycles. The Labute approximate surface area is 61.7 Å². The van der Waals surface area contributed by atoms with Gasteiger partial charge in [-0.25, -0.2) is 0 Å². The average Bonchev–Trinajstić information content (AvgIpc) is 1.65. The predicted octanol–water partition coefficient (Wildman–Crippen LogP) is 2.43. The van der Waals surface area contributed by atoms with Crippen LogP contribution in [0.4, 0.5) is 4.79 Å². The van der Waals surface area contributed by atoms with E-state index in [0.29, 0.717) is 4.74 Å². The summed E-state index contributed by atoms with van der Waals surface area (Å²) in [6.45, 7) is 8.00. The van der Waals surface area contributed by atoms with Gasteiger partial charge in [0, 0.05) is 0 Å². The Hall–Kier alpha value is 0.454. The molecule has 1 fully saturated rings. The maximum Gasteiger partial charge on any atom is 0.156 e. The topological polar surface area (TPSA) is 17.1 Å². The van der Waals surface area contributed by atoms with E-state index < -0.39 is 14.3 Å². The van der Waals surface area contributed by atoms with E-state index in [-0.39, 0.29) is 0 Å². The Morgan fingerprint density at radius 1 is 1.22 bits per heavy atom. The van der Waals surface area contributed by atoms with Gasteiger partial charge in [-0.05, 0) is 0 Å². The Bertz CT molecular complexity index is 164. The third-order valence-corrected chi connectivity index (χ3v) is 27.4. The molecule has 0 N–H and O–H groups in total. The van der Waals surface area contributed by atoms with Gasteiger partial charge in [0.25, 0.3) is 0 Å². The van der Waals surface area contributed by atoms with Crippen LogP contribution in [0.2, 0.25) is 26.2 Å². The van der Waals surface area contributed by atoms with Gasteiger partial charge in [0.05, 0.1) is 0 Å². The highest BCUT2D eigenvalue weighted by atomic mass is 32.4. The highest BCUT2D eigenvalue weighted by molar-refractivity contribution is 8.56. The fraction of sp³-hybridized carbons (Fsp3) is 0.800. The second-order valence-electron chi connectivity index (χ2n) is 3.52. The molecule has 52 valence electrons. The van der Waals surface area contributed by atoms with Crippen LogP contribution in [0.25, 0.3) is 0 Å². The third kappa shape index (κ3) is 0.842.